The smallest absolute Gasteiger partial charge is 0.229 e. The third kappa shape index (κ3) is 5.48. The van der Waals surface area contributed by atoms with Crippen molar-refractivity contribution in [3.8, 4) is 6.07 Å². The Balaban J connectivity index is 1.44. The average Bonchev–Trinajstić information content (AvgIpc) is 2.77. The summed E-state index contributed by atoms with van der Waals surface area (Å²) in [6.07, 6.45) is 9.48. The Labute approximate surface area is 212 Å². The molecule has 3 heterocycles. The van der Waals surface area contributed by atoms with E-state index in [1.807, 2.05) is 0 Å². The number of hydrogen-bond acceptors (Lipinski definition) is 9. The standard InChI is InChI=1S/C26H30N8OS/c1-34-11-10-21-18(16-34)12-20(13-22(21)17-6-4-7-17)29-26-28-15-19(14-27)25(32-26)31-23-8-5-9-24(30-23)33-36(2,3)35/h5,8-9,12-13,15,17H,4,6-7,10-11,16H2,1-3H3,(H2,28,29,30,31,32). The van der Waals surface area contributed by atoms with Crippen LogP contribution >= 0.6 is 0 Å². The molecule has 1 fully saturated rings. The van der Waals surface area contributed by atoms with Gasteiger partial charge in [-0.2, -0.15) is 14.6 Å². The Morgan fingerprint density at radius 2 is 2.03 bits per heavy atom. The number of nitriles is 1. The zero-order valence-electron chi connectivity index (χ0n) is 20.8. The van der Waals surface area contributed by atoms with Crippen molar-refractivity contribution in [2.24, 2.45) is 4.36 Å². The number of fused-ring (bicyclic) bond motifs is 1. The minimum atomic E-state index is -2.35. The van der Waals surface area contributed by atoms with Crippen molar-refractivity contribution in [3.05, 3.63) is 58.8 Å². The Kier molecular flexibility index (Phi) is 6.60. The van der Waals surface area contributed by atoms with E-state index in [1.165, 1.54) is 42.1 Å². The molecule has 0 unspecified atom stereocenters. The lowest BCUT2D eigenvalue weighted by molar-refractivity contribution is 0.309. The van der Waals surface area contributed by atoms with E-state index in [9.17, 15) is 9.47 Å². The fourth-order valence-corrected chi connectivity index (χ4v) is 5.22. The quantitative estimate of drug-likeness (QED) is 0.491. The second-order valence-corrected chi connectivity index (χ2v) is 12.3. The largest absolute Gasteiger partial charge is 0.324 e. The molecule has 0 saturated heterocycles. The average molecular weight is 503 g/mol. The molecule has 0 amide bonds. The molecule has 0 radical (unpaired) electrons. The molecule has 36 heavy (non-hydrogen) atoms. The number of nitrogens with one attached hydrogen (secondary N) is 2. The van der Waals surface area contributed by atoms with Crippen LogP contribution in [-0.2, 0) is 22.7 Å². The molecular formula is C26H30N8OS. The van der Waals surface area contributed by atoms with Gasteiger partial charge >= 0.3 is 0 Å². The van der Waals surface area contributed by atoms with Gasteiger partial charge in [0, 0.05) is 41.0 Å². The van der Waals surface area contributed by atoms with Crippen molar-refractivity contribution in [1.82, 2.24) is 19.9 Å². The summed E-state index contributed by atoms with van der Waals surface area (Å²) in [5.74, 6) is 2.16. The number of anilines is 4. The van der Waals surface area contributed by atoms with Gasteiger partial charge in [-0.25, -0.2) is 14.2 Å². The lowest BCUT2D eigenvalue weighted by Gasteiger charge is -2.33. The van der Waals surface area contributed by atoms with E-state index in [4.69, 9.17) is 0 Å². The first-order valence-corrected chi connectivity index (χ1v) is 14.4. The second kappa shape index (κ2) is 9.84. The van der Waals surface area contributed by atoms with Gasteiger partial charge in [0.25, 0.3) is 0 Å². The third-order valence-electron chi connectivity index (χ3n) is 6.57. The monoisotopic (exact) mass is 502 g/mol. The number of aromatic nitrogens is 3. The fraction of sp³-hybridized carbons (Fsp3) is 0.385. The first-order valence-electron chi connectivity index (χ1n) is 12.1. The van der Waals surface area contributed by atoms with Crippen LogP contribution in [0, 0.1) is 11.3 Å². The molecule has 2 aromatic heterocycles. The number of rotatable bonds is 6. The van der Waals surface area contributed by atoms with Gasteiger partial charge in [0.05, 0.1) is 6.20 Å². The van der Waals surface area contributed by atoms with E-state index in [1.54, 1.807) is 30.7 Å². The van der Waals surface area contributed by atoms with Crippen molar-refractivity contribution in [3.63, 3.8) is 0 Å². The second-order valence-electron chi connectivity index (χ2n) is 9.79. The summed E-state index contributed by atoms with van der Waals surface area (Å²) in [5, 5.41) is 16.1. The lowest BCUT2D eigenvalue weighted by atomic mass is 9.76. The van der Waals surface area contributed by atoms with Gasteiger partial charge in [-0.1, -0.05) is 12.5 Å². The zero-order chi connectivity index (χ0) is 25.3. The van der Waals surface area contributed by atoms with Crippen LogP contribution < -0.4 is 10.6 Å². The zero-order valence-corrected chi connectivity index (χ0v) is 21.6. The highest BCUT2D eigenvalue weighted by Gasteiger charge is 2.26. The first-order chi connectivity index (χ1) is 17.3. The van der Waals surface area contributed by atoms with Gasteiger partial charge in [-0.05, 0) is 73.2 Å². The molecule has 2 aliphatic rings. The lowest BCUT2D eigenvalue weighted by Crippen LogP contribution is -2.28. The van der Waals surface area contributed by atoms with Crippen LogP contribution in [0.3, 0.4) is 0 Å². The third-order valence-corrected chi connectivity index (χ3v) is 7.19. The van der Waals surface area contributed by atoms with E-state index >= 15 is 0 Å². The summed E-state index contributed by atoms with van der Waals surface area (Å²) in [5.41, 5.74) is 5.57. The van der Waals surface area contributed by atoms with Crippen molar-refractivity contribution in [2.45, 2.75) is 38.1 Å². The molecule has 186 valence electrons. The van der Waals surface area contributed by atoms with Gasteiger partial charge in [0.15, 0.2) is 11.6 Å². The summed E-state index contributed by atoms with van der Waals surface area (Å²) in [6, 6.07) is 11.8. The molecule has 0 bridgehead atoms. The minimum absolute atomic E-state index is 0.293. The highest BCUT2D eigenvalue weighted by atomic mass is 32.2. The summed E-state index contributed by atoms with van der Waals surface area (Å²) >= 11 is 0. The van der Waals surface area contributed by atoms with E-state index in [0.29, 0.717) is 34.9 Å². The van der Waals surface area contributed by atoms with Crippen molar-refractivity contribution in [1.29, 1.82) is 5.26 Å². The molecule has 1 aliphatic heterocycles. The maximum absolute atomic E-state index is 12.0. The highest BCUT2D eigenvalue weighted by Crippen LogP contribution is 2.41. The molecule has 0 atom stereocenters. The predicted molar refractivity (Wildman–Crippen MR) is 143 cm³/mol. The summed E-state index contributed by atoms with van der Waals surface area (Å²) in [7, 11) is -0.189. The maximum atomic E-state index is 12.0. The van der Waals surface area contributed by atoms with Crippen LogP contribution in [0.15, 0.2) is 40.9 Å². The van der Waals surface area contributed by atoms with Crippen LogP contribution in [0.2, 0.25) is 0 Å². The minimum Gasteiger partial charge on any atom is -0.324 e. The van der Waals surface area contributed by atoms with Crippen LogP contribution in [0.1, 0.15) is 47.4 Å². The summed E-state index contributed by atoms with van der Waals surface area (Å²) < 4.78 is 16.2. The van der Waals surface area contributed by atoms with Crippen molar-refractivity contribution < 1.29 is 4.21 Å². The molecular weight excluding hydrogens is 472 g/mol. The Hall–Kier alpha value is -3.55. The van der Waals surface area contributed by atoms with Gasteiger partial charge in [0.2, 0.25) is 5.95 Å². The van der Waals surface area contributed by atoms with E-state index in [0.717, 1.165) is 25.2 Å². The topological polar surface area (TPSA) is 119 Å². The van der Waals surface area contributed by atoms with Crippen LogP contribution in [0.4, 0.5) is 29.1 Å². The van der Waals surface area contributed by atoms with Gasteiger partial charge in [-0.15, -0.1) is 0 Å². The van der Waals surface area contributed by atoms with Gasteiger partial charge < -0.3 is 15.5 Å². The SMILES string of the molecule is CN1CCc2c(cc(Nc3ncc(C#N)c(Nc4cccc(N=S(C)(C)=O)n4)n3)cc2C2CCC2)C1. The summed E-state index contributed by atoms with van der Waals surface area (Å²) in [4.78, 5) is 15.7. The molecule has 1 saturated carbocycles. The number of hydrogen-bond donors (Lipinski definition) is 2. The summed E-state index contributed by atoms with van der Waals surface area (Å²) in [6.45, 7) is 2.02. The molecule has 0 spiro atoms. The van der Waals surface area contributed by atoms with E-state index in [-0.39, 0.29) is 0 Å². The molecule has 1 aliphatic carbocycles. The number of pyridine rings is 1. The number of likely N-dealkylation sites (N-methyl/N-ethyl adjacent to an activating group) is 1. The Bertz CT molecular complexity index is 1460. The molecule has 10 heteroatoms. The van der Waals surface area contributed by atoms with Crippen molar-refractivity contribution >= 4 is 38.8 Å². The Morgan fingerprint density at radius 1 is 1.19 bits per heavy atom. The molecule has 2 N–H and O–H groups in total. The number of benzene rings is 1. The highest BCUT2D eigenvalue weighted by molar-refractivity contribution is 7.92. The maximum Gasteiger partial charge on any atom is 0.229 e. The van der Waals surface area contributed by atoms with Crippen LogP contribution in [0.25, 0.3) is 0 Å². The van der Waals surface area contributed by atoms with Gasteiger partial charge in [0.1, 0.15) is 17.5 Å². The molecule has 3 aromatic rings. The Morgan fingerprint density at radius 3 is 2.75 bits per heavy atom. The molecule has 9 nitrogen and oxygen atoms in total. The predicted octanol–water partition coefficient (Wildman–Crippen LogP) is 4.84. The van der Waals surface area contributed by atoms with E-state index < -0.39 is 9.73 Å². The van der Waals surface area contributed by atoms with Crippen LogP contribution in [0.5, 0.6) is 0 Å². The van der Waals surface area contributed by atoms with Gasteiger partial charge in [-0.3, -0.25) is 0 Å². The molecule has 1 aromatic carbocycles. The normalized spacial score (nSPS) is 15.9. The molecule has 5 rings (SSSR count). The van der Waals surface area contributed by atoms with Crippen LogP contribution in [-0.4, -0.2) is 50.2 Å². The first kappa shape index (κ1) is 24.2. The number of nitrogens with zero attached hydrogens (tertiary/aromatic N) is 6. The van der Waals surface area contributed by atoms with Crippen molar-refractivity contribution in [2.75, 3.05) is 36.7 Å². The fourth-order valence-electron chi connectivity index (χ4n) is 4.67. The van der Waals surface area contributed by atoms with E-state index in [2.05, 4.69) is 60.1 Å².